The molecule has 1 saturated heterocycles. The Bertz CT molecular complexity index is 658. The monoisotopic (exact) mass is 338 g/mol. The Morgan fingerprint density at radius 1 is 0.920 bits per heavy atom. The number of benzene rings is 2. The van der Waals surface area contributed by atoms with E-state index in [9.17, 15) is 0 Å². The van der Waals surface area contributed by atoms with Gasteiger partial charge < -0.3 is 9.64 Å². The van der Waals surface area contributed by atoms with Crippen molar-refractivity contribution in [3.8, 4) is 5.75 Å². The molecule has 1 fully saturated rings. The van der Waals surface area contributed by atoms with Gasteiger partial charge in [0.15, 0.2) is 0 Å². The molecule has 0 aliphatic carbocycles. The highest BCUT2D eigenvalue weighted by molar-refractivity contribution is 5.58. The summed E-state index contributed by atoms with van der Waals surface area (Å²) in [7, 11) is 0. The average Bonchev–Trinajstić information content (AvgIpc) is 2.64. The first-order valence-corrected chi connectivity index (χ1v) is 9.45. The molecule has 1 aliphatic rings. The third-order valence-electron chi connectivity index (χ3n) is 4.93. The number of piperazine rings is 1. The highest BCUT2D eigenvalue weighted by Crippen LogP contribution is 2.29. The van der Waals surface area contributed by atoms with Crippen LogP contribution in [0.5, 0.6) is 5.75 Å². The summed E-state index contributed by atoms with van der Waals surface area (Å²) < 4.78 is 5.79. The second-order valence-corrected chi connectivity index (χ2v) is 7.06. The lowest BCUT2D eigenvalue weighted by atomic mass is 10.0. The zero-order chi connectivity index (χ0) is 17.6. The molecule has 0 bridgehead atoms. The van der Waals surface area contributed by atoms with Gasteiger partial charge >= 0.3 is 0 Å². The van der Waals surface area contributed by atoms with Gasteiger partial charge in [0, 0.05) is 32.7 Å². The first kappa shape index (κ1) is 17.8. The van der Waals surface area contributed by atoms with Crippen molar-refractivity contribution in [2.75, 3.05) is 37.7 Å². The third kappa shape index (κ3) is 4.55. The van der Waals surface area contributed by atoms with Crippen LogP contribution in [0.25, 0.3) is 0 Å². The van der Waals surface area contributed by atoms with Crippen LogP contribution in [-0.2, 0) is 6.54 Å². The molecule has 0 saturated carbocycles. The summed E-state index contributed by atoms with van der Waals surface area (Å²) >= 11 is 0. The second kappa shape index (κ2) is 8.39. The van der Waals surface area contributed by atoms with Crippen molar-refractivity contribution >= 4 is 5.69 Å². The lowest BCUT2D eigenvalue weighted by Crippen LogP contribution is -2.46. The van der Waals surface area contributed by atoms with E-state index in [-0.39, 0.29) is 0 Å². The lowest BCUT2D eigenvalue weighted by molar-refractivity contribution is 0.248. The van der Waals surface area contributed by atoms with Crippen molar-refractivity contribution in [2.45, 2.75) is 33.2 Å². The molecule has 0 amide bonds. The van der Waals surface area contributed by atoms with E-state index in [0.717, 1.165) is 38.5 Å². The molecule has 0 atom stereocenters. The van der Waals surface area contributed by atoms with Gasteiger partial charge in [-0.05, 0) is 36.1 Å². The van der Waals surface area contributed by atoms with Crippen LogP contribution in [-0.4, -0.2) is 37.7 Å². The zero-order valence-electron chi connectivity index (χ0n) is 15.7. The Labute approximate surface area is 152 Å². The molecule has 3 heteroatoms. The minimum absolute atomic E-state index is 0.600. The van der Waals surface area contributed by atoms with Gasteiger partial charge in [0.2, 0.25) is 0 Å². The molecule has 2 aromatic rings. The van der Waals surface area contributed by atoms with E-state index in [1.54, 1.807) is 0 Å². The first-order chi connectivity index (χ1) is 12.2. The van der Waals surface area contributed by atoms with Crippen LogP contribution < -0.4 is 9.64 Å². The van der Waals surface area contributed by atoms with Gasteiger partial charge in [-0.3, -0.25) is 4.90 Å². The van der Waals surface area contributed by atoms with E-state index in [0.29, 0.717) is 12.5 Å². The van der Waals surface area contributed by atoms with E-state index in [1.807, 2.05) is 13.0 Å². The number of nitrogens with zero attached hydrogens (tertiary/aromatic N) is 2. The molecule has 2 aromatic carbocycles. The number of para-hydroxylation sites is 2. The molecule has 3 rings (SSSR count). The SMILES string of the molecule is CCOc1ccccc1N1CCN(Cc2ccc(C(C)C)cc2)CC1. The molecule has 3 nitrogen and oxygen atoms in total. The van der Waals surface area contributed by atoms with Crippen LogP contribution in [0.4, 0.5) is 5.69 Å². The van der Waals surface area contributed by atoms with Crippen molar-refractivity contribution in [1.29, 1.82) is 0 Å². The maximum atomic E-state index is 5.79. The van der Waals surface area contributed by atoms with Gasteiger partial charge in [-0.2, -0.15) is 0 Å². The molecule has 25 heavy (non-hydrogen) atoms. The Hall–Kier alpha value is -2.00. The Morgan fingerprint density at radius 3 is 2.24 bits per heavy atom. The fraction of sp³-hybridized carbons (Fsp3) is 0.455. The minimum Gasteiger partial charge on any atom is -0.492 e. The van der Waals surface area contributed by atoms with E-state index in [4.69, 9.17) is 4.74 Å². The predicted molar refractivity (Wildman–Crippen MR) is 106 cm³/mol. The minimum atomic E-state index is 0.600. The molecule has 0 unspecified atom stereocenters. The van der Waals surface area contributed by atoms with Crippen LogP contribution in [0.3, 0.4) is 0 Å². The fourth-order valence-electron chi connectivity index (χ4n) is 3.41. The summed E-state index contributed by atoms with van der Waals surface area (Å²) in [6, 6.07) is 17.5. The first-order valence-electron chi connectivity index (χ1n) is 9.45. The van der Waals surface area contributed by atoms with Gasteiger partial charge in [0.25, 0.3) is 0 Å². The van der Waals surface area contributed by atoms with Crippen molar-refractivity contribution in [3.63, 3.8) is 0 Å². The average molecular weight is 338 g/mol. The lowest BCUT2D eigenvalue weighted by Gasteiger charge is -2.36. The molecule has 0 aromatic heterocycles. The van der Waals surface area contributed by atoms with Crippen LogP contribution >= 0.6 is 0 Å². The number of hydrogen-bond acceptors (Lipinski definition) is 3. The van der Waals surface area contributed by atoms with Crippen LogP contribution in [0.15, 0.2) is 48.5 Å². The smallest absolute Gasteiger partial charge is 0.142 e. The van der Waals surface area contributed by atoms with Crippen LogP contribution in [0.1, 0.15) is 37.8 Å². The second-order valence-electron chi connectivity index (χ2n) is 7.06. The van der Waals surface area contributed by atoms with Crippen molar-refractivity contribution in [2.24, 2.45) is 0 Å². The molecule has 0 spiro atoms. The van der Waals surface area contributed by atoms with E-state index >= 15 is 0 Å². The van der Waals surface area contributed by atoms with Gasteiger partial charge in [0.1, 0.15) is 5.75 Å². The van der Waals surface area contributed by atoms with E-state index < -0.39 is 0 Å². The normalized spacial score (nSPS) is 15.6. The molecular weight excluding hydrogens is 308 g/mol. The van der Waals surface area contributed by atoms with E-state index in [2.05, 4.69) is 66.1 Å². The summed E-state index contributed by atoms with van der Waals surface area (Å²) in [6.07, 6.45) is 0. The maximum Gasteiger partial charge on any atom is 0.142 e. The zero-order valence-corrected chi connectivity index (χ0v) is 15.7. The van der Waals surface area contributed by atoms with Gasteiger partial charge in [-0.25, -0.2) is 0 Å². The number of ether oxygens (including phenoxy) is 1. The Kier molecular flexibility index (Phi) is 5.98. The fourth-order valence-corrected chi connectivity index (χ4v) is 3.41. The van der Waals surface area contributed by atoms with Gasteiger partial charge in [-0.1, -0.05) is 50.2 Å². The third-order valence-corrected chi connectivity index (χ3v) is 4.93. The van der Waals surface area contributed by atoms with E-state index in [1.165, 1.54) is 16.8 Å². The largest absolute Gasteiger partial charge is 0.492 e. The quantitative estimate of drug-likeness (QED) is 0.769. The molecule has 1 heterocycles. The van der Waals surface area contributed by atoms with Gasteiger partial charge in [-0.15, -0.1) is 0 Å². The Balaban J connectivity index is 1.57. The Morgan fingerprint density at radius 2 is 1.60 bits per heavy atom. The number of rotatable bonds is 6. The topological polar surface area (TPSA) is 15.7 Å². The van der Waals surface area contributed by atoms with Crippen LogP contribution in [0.2, 0.25) is 0 Å². The van der Waals surface area contributed by atoms with Crippen LogP contribution in [0, 0.1) is 0 Å². The summed E-state index contributed by atoms with van der Waals surface area (Å²) in [4.78, 5) is 4.99. The highest BCUT2D eigenvalue weighted by atomic mass is 16.5. The molecule has 134 valence electrons. The number of hydrogen-bond donors (Lipinski definition) is 0. The molecule has 0 radical (unpaired) electrons. The summed E-state index contributed by atoms with van der Waals surface area (Å²) in [5.41, 5.74) is 4.05. The molecular formula is C22H30N2O. The molecule has 1 aliphatic heterocycles. The highest BCUT2D eigenvalue weighted by Gasteiger charge is 2.19. The summed E-state index contributed by atoms with van der Waals surface area (Å²) in [6.45, 7) is 12.6. The maximum absolute atomic E-state index is 5.79. The van der Waals surface area contributed by atoms with Gasteiger partial charge in [0.05, 0.1) is 12.3 Å². The molecule has 0 N–H and O–H groups in total. The predicted octanol–water partition coefficient (Wildman–Crippen LogP) is 4.53. The number of anilines is 1. The van der Waals surface area contributed by atoms with Crippen molar-refractivity contribution < 1.29 is 4.74 Å². The standard InChI is InChI=1S/C22H30N2O/c1-4-25-22-8-6-5-7-21(22)24-15-13-23(14-16-24)17-19-9-11-20(12-10-19)18(2)3/h5-12,18H,4,13-17H2,1-3H3. The van der Waals surface area contributed by atoms with Crippen molar-refractivity contribution in [3.05, 3.63) is 59.7 Å². The summed E-state index contributed by atoms with van der Waals surface area (Å²) in [5, 5.41) is 0. The summed E-state index contributed by atoms with van der Waals surface area (Å²) in [5.74, 6) is 1.60. The van der Waals surface area contributed by atoms with Crippen molar-refractivity contribution in [1.82, 2.24) is 4.90 Å².